The lowest BCUT2D eigenvalue weighted by Crippen LogP contribution is -2.32. The van der Waals surface area contributed by atoms with Crippen LogP contribution in [0.4, 0.5) is 0 Å². The normalized spacial score (nSPS) is 17.6. The van der Waals surface area contributed by atoms with E-state index in [1.54, 1.807) is 0 Å². The van der Waals surface area contributed by atoms with Crippen molar-refractivity contribution in [2.24, 2.45) is 5.41 Å². The van der Waals surface area contributed by atoms with Crippen LogP contribution in [-0.4, -0.2) is 21.2 Å². The second-order valence-corrected chi connectivity index (χ2v) is 6.20. The average molecular weight is 294 g/mol. The summed E-state index contributed by atoms with van der Waals surface area (Å²) in [5.41, 5.74) is -0.784. The molecule has 1 aliphatic rings. The number of aliphatic carboxylic acids is 1. The van der Waals surface area contributed by atoms with Gasteiger partial charge in [0.15, 0.2) is 5.82 Å². The number of hydrogen-bond acceptors (Lipinski definition) is 4. The van der Waals surface area contributed by atoms with E-state index in [-0.39, 0.29) is 0 Å². The van der Waals surface area contributed by atoms with Crippen molar-refractivity contribution in [3.8, 4) is 0 Å². The number of rotatable bonds is 6. The molecule has 2 rings (SSSR count). The summed E-state index contributed by atoms with van der Waals surface area (Å²) in [6.45, 7) is 3.81. The van der Waals surface area contributed by atoms with Gasteiger partial charge in [0, 0.05) is 12.3 Å². The molecule has 0 aliphatic heterocycles. The van der Waals surface area contributed by atoms with E-state index in [2.05, 4.69) is 10.1 Å². The maximum Gasteiger partial charge on any atom is 0.310 e. The third-order valence-electron chi connectivity index (χ3n) is 5.00. The second kappa shape index (κ2) is 7.05. The van der Waals surface area contributed by atoms with Gasteiger partial charge in [0.05, 0.1) is 5.41 Å². The van der Waals surface area contributed by atoms with Crippen LogP contribution in [0, 0.1) is 5.41 Å². The van der Waals surface area contributed by atoms with Gasteiger partial charge in [-0.3, -0.25) is 4.79 Å². The first-order valence-electron chi connectivity index (χ1n) is 8.17. The number of carbonyl (C=O) groups is 1. The lowest BCUT2D eigenvalue weighted by Gasteiger charge is -2.24. The quantitative estimate of drug-likeness (QED) is 0.804. The van der Waals surface area contributed by atoms with Crippen molar-refractivity contribution in [3.05, 3.63) is 11.7 Å². The zero-order chi connectivity index (χ0) is 15.3. The molecule has 1 saturated carbocycles. The van der Waals surface area contributed by atoms with Gasteiger partial charge >= 0.3 is 5.97 Å². The molecule has 1 aromatic heterocycles. The van der Waals surface area contributed by atoms with Crippen molar-refractivity contribution in [2.75, 3.05) is 0 Å². The van der Waals surface area contributed by atoms with Crippen LogP contribution in [0.15, 0.2) is 4.52 Å². The Balaban J connectivity index is 2.10. The van der Waals surface area contributed by atoms with E-state index in [1.165, 1.54) is 25.7 Å². The van der Waals surface area contributed by atoms with E-state index in [9.17, 15) is 9.90 Å². The Morgan fingerprint density at radius 2 is 1.86 bits per heavy atom. The summed E-state index contributed by atoms with van der Waals surface area (Å²) in [5.74, 6) is 0.855. The zero-order valence-electron chi connectivity index (χ0n) is 13.1. The van der Waals surface area contributed by atoms with Crippen LogP contribution in [0.2, 0.25) is 0 Å². The van der Waals surface area contributed by atoms with Gasteiger partial charge in [0.1, 0.15) is 0 Å². The van der Waals surface area contributed by atoms with Gasteiger partial charge in [0.2, 0.25) is 5.89 Å². The Morgan fingerprint density at radius 1 is 1.24 bits per heavy atom. The van der Waals surface area contributed by atoms with Crippen molar-refractivity contribution < 1.29 is 14.4 Å². The van der Waals surface area contributed by atoms with Gasteiger partial charge in [-0.1, -0.05) is 44.7 Å². The molecule has 5 heteroatoms. The predicted molar refractivity (Wildman–Crippen MR) is 79.1 cm³/mol. The average Bonchev–Trinajstić information content (AvgIpc) is 2.77. The molecule has 0 aromatic carbocycles. The van der Waals surface area contributed by atoms with Gasteiger partial charge in [-0.2, -0.15) is 4.98 Å². The summed E-state index contributed by atoms with van der Waals surface area (Å²) in [5, 5.41) is 13.6. The molecule has 1 N–H and O–H groups in total. The lowest BCUT2D eigenvalue weighted by molar-refractivity contribution is -0.149. The molecule has 0 amide bonds. The first-order valence-corrected chi connectivity index (χ1v) is 8.17. The smallest absolute Gasteiger partial charge is 0.310 e. The Bertz CT molecular complexity index is 458. The fourth-order valence-electron chi connectivity index (χ4n) is 3.21. The molecule has 0 unspecified atom stereocenters. The molecular formula is C16H26N2O3. The van der Waals surface area contributed by atoms with Gasteiger partial charge in [-0.15, -0.1) is 0 Å². The summed E-state index contributed by atoms with van der Waals surface area (Å²) in [7, 11) is 0. The minimum atomic E-state index is -0.784. The molecule has 1 heterocycles. The van der Waals surface area contributed by atoms with Crippen LogP contribution in [0.3, 0.4) is 0 Å². The van der Waals surface area contributed by atoms with Crippen LogP contribution in [-0.2, 0) is 11.2 Å². The topological polar surface area (TPSA) is 76.2 Å². The van der Waals surface area contributed by atoms with E-state index < -0.39 is 11.4 Å². The summed E-state index contributed by atoms with van der Waals surface area (Å²) in [4.78, 5) is 16.0. The highest BCUT2D eigenvalue weighted by Crippen LogP contribution is 2.33. The van der Waals surface area contributed by atoms with E-state index in [1.807, 2.05) is 13.8 Å². The predicted octanol–water partition coefficient (Wildman–Crippen LogP) is 3.94. The Labute approximate surface area is 126 Å². The number of carboxylic acid groups (broad SMARTS) is 1. The Kier molecular flexibility index (Phi) is 5.37. The van der Waals surface area contributed by atoms with E-state index >= 15 is 0 Å². The summed E-state index contributed by atoms with van der Waals surface area (Å²) in [6, 6.07) is 0. The highest BCUT2D eigenvalue weighted by atomic mass is 16.5. The second-order valence-electron chi connectivity index (χ2n) is 6.20. The van der Waals surface area contributed by atoms with E-state index in [0.717, 1.165) is 18.7 Å². The van der Waals surface area contributed by atoms with Crippen LogP contribution >= 0.6 is 0 Å². The molecule has 0 bridgehead atoms. The van der Waals surface area contributed by atoms with Gasteiger partial charge in [0.25, 0.3) is 0 Å². The molecule has 1 fully saturated rings. The van der Waals surface area contributed by atoms with Crippen LogP contribution in [0.25, 0.3) is 0 Å². The highest BCUT2D eigenvalue weighted by Gasteiger charge is 2.37. The van der Waals surface area contributed by atoms with Crippen LogP contribution in [0.1, 0.15) is 82.8 Å². The molecule has 5 nitrogen and oxygen atoms in total. The molecule has 0 radical (unpaired) electrons. The number of hydrogen-bond donors (Lipinski definition) is 1. The van der Waals surface area contributed by atoms with Crippen molar-refractivity contribution in [1.82, 2.24) is 10.1 Å². The number of carboxylic acids is 1. The molecule has 21 heavy (non-hydrogen) atoms. The third kappa shape index (κ3) is 3.63. The van der Waals surface area contributed by atoms with E-state index in [4.69, 9.17) is 4.52 Å². The zero-order valence-corrected chi connectivity index (χ0v) is 13.1. The largest absolute Gasteiger partial charge is 0.481 e. The minimum Gasteiger partial charge on any atom is -0.481 e. The van der Waals surface area contributed by atoms with Crippen molar-refractivity contribution in [2.45, 2.75) is 77.6 Å². The summed E-state index contributed by atoms with van der Waals surface area (Å²) >= 11 is 0. The first kappa shape index (κ1) is 16.0. The summed E-state index contributed by atoms with van der Waals surface area (Å²) < 4.78 is 5.34. The third-order valence-corrected chi connectivity index (χ3v) is 5.00. The maximum atomic E-state index is 11.6. The molecule has 118 valence electrons. The highest BCUT2D eigenvalue weighted by molar-refractivity contribution is 5.74. The molecule has 0 atom stereocenters. The number of nitrogens with zero attached hydrogens (tertiary/aromatic N) is 2. The summed E-state index contributed by atoms with van der Waals surface area (Å²) in [6.07, 6.45) is 8.71. The fraction of sp³-hybridized carbons (Fsp3) is 0.812. The fourth-order valence-corrected chi connectivity index (χ4v) is 3.21. The standard InChI is InChI=1S/C16H26N2O3/c1-3-16(4-2,15(19)20)11-13-17-14(18-21-13)12-9-7-5-6-8-10-12/h12H,3-11H2,1-2H3,(H,19,20). The number of aromatic nitrogens is 2. The molecular weight excluding hydrogens is 268 g/mol. The molecule has 1 aromatic rings. The Morgan fingerprint density at radius 3 is 2.38 bits per heavy atom. The molecule has 0 spiro atoms. The van der Waals surface area contributed by atoms with Crippen molar-refractivity contribution in [3.63, 3.8) is 0 Å². The first-order chi connectivity index (χ1) is 10.1. The minimum absolute atomic E-state index is 0.328. The Hall–Kier alpha value is -1.39. The van der Waals surface area contributed by atoms with Crippen LogP contribution < -0.4 is 0 Å². The maximum absolute atomic E-state index is 11.6. The van der Waals surface area contributed by atoms with Crippen LogP contribution in [0.5, 0.6) is 0 Å². The van der Waals surface area contributed by atoms with E-state index in [0.29, 0.717) is 31.1 Å². The monoisotopic (exact) mass is 294 g/mol. The molecule has 0 saturated heterocycles. The lowest BCUT2D eigenvalue weighted by atomic mass is 9.79. The van der Waals surface area contributed by atoms with Crippen molar-refractivity contribution in [1.29, 1.82) is 0 Å². The molecule has 1 aliphatic carbocycles. The van der Waals surface area contributed by atoms with Gasteiger partial charge in [-0.05, 0) is 25.7 Å². The van der Waals surface area contributed by atoms with Gasteiger partial charge < -0.3 is 9.63 Å². The van der Waals surface area contributed by atoms with Crippen molar-refractivity contribution >= 4 is 5.97 Å². The van der Waals surface area contributed by atoms with Gasteiger partial charge in [-0.25, -0.2) is 0 Å². The SMILES string of the molecule is CCC(CC)(Cc1nc(C2CCCCCC2)no1)C(=O)O.